The lowest BCUT2D eigenvalue weighted by atomic mass is 9.69. The van der Waals surface area contributed by atoms with Crippen LogP contribution in [0.3, 0.4) is 0 Å². The topological polar surface area (TPSA) is 26.3 Å². The number of hydrogen-bond donors (Lipinski definition) is 0. The van der Waals surface area contributed by atoms with Crippen LogP contribution in [0.4, 0.5) is 0 Å². The number of rotatable bonds is 2. The van der Waals surface area contributed by atoms with Crippen molar-refractivity contribution in [3.8, 4) is 0 Å². The van der Waals surface area contributed by atoms with Gasteiger partial charge in [-0.25, -0.2) is 0 Å². The van der Waals surface area contributed by atoms with E-state index < -0.39 is 0 Å². The number of benzene rings is 1. The molecule has 1 saturated carbocycles. The Kier molecular flexibility index (Phi) is 2.95. The smallest absolute Gasteiger partial charge is 0.143 e. The molecule has 1 spiro atoms. The third kappa shape index (κ3) is 1.93. The molecule has 0 aromatic heterocycles. The zero-order valence-corrected chi connectivity index (χ0v) is 11.9. The molecule has 0 amide bonds. The predicted molar refractivity (Wildman–Crippen MR) is 77.8 cm³/mol. The Morgan fingerprint density at radius 2 is 2.05 bits per heavy atom. The molecule has 1 saturated heterocycles. The molecule has 4 rings (SSSR count). The van der Waals surface area contributed by atoms with Crippen LogP contribution < -0.4 is 0 Å². The Morgan fingerprint density at radius 3 is 2.85 bits per heavy atom. The molecule has 1 heterocycles. The van der Waals surface area contributed by atoms with Gasteiger partial charge in [0.05, 0.1) is 5.60 Å². The van der Waals surface area contributed by atoms with E-state index in [0.29, 0.717) is 5.78 Å². The monoisotopic (exact) mass is 270 g/mol. The summed E-state index contributed by atoms with van der Waals surface area (Å²) in [7, 11) is 0. The lowest BCUT2D eigenvalue weighted by Gasteiger charge is -2.47. The Balaban J connectivity index is 1.53. The highest BCUT2D eigenvalue weighted by atomic mass is 16.5. The molecule has 2 nitrogen and oxygen atoms in total. The summed E-state index contributed by atoms with van der Waals surface area (Å²) in [6.45, 7) is 0.783. The Morgan fingerprint density at radius 1 is 1.20 bits per heavy atom. The molecule has 2 unspecified atom stereocenters. The van der Waals surface area contributed by atoms with Crippen molar-refractivity contribution in [3.05, 3.63) is 35.4 Å². The van der Waals surface area contributed by atoms with Gasteiger partial charge >= 0.3 is 0 Å². The fourth-order valence-electron chi connectivity index (χ4n) is 4.33. The Bertz CT molecular complexity index is 530. The molecule has 106 valence electrons. The van der Waals surface area contributed by atoms with Gasteiger partial charge < -0.3 is 4.74 Å². The SMILES string of the molecule is O=C(C1CCOC2(CCC2)C1)C1CCc2ccccc21. The minimum absolute atomic E-state index is 0.0801. The molecule has 0 radical (unpaired) electrons. The quantitative estimate of drug-likeness (QED) is 0.820. The van der Waals surface area contributed by atoms with Crippen LogP contribution in [0, 0.1) is 5.92 Å². The number of carbonyl (C=O) groups excluding carboxylic acids is 1. The summed E-state index contributed by atoms with van der Waals surface area (Å²) in [5, 5.41) is 0. The van der Waals surface area contributed by atoms with Gasteiger partial charge in [-0.05, 0) is 56.1 Å². The van der Waals surface area contributed by atoms with E-state index in [4.69, 9.17) is 4.74 Å². The zero-order chi connectivity index (χ0) is 13.6. The fraction of sp³-hybridized carbons (Fsp3) is 0.611. The first-order chi connectivity index (χ1) is 9.77. The van der Waals surface area contributed by atoms with E-state index >= 15 is 0 Å². The predicted octanol–water partition coefficient (Wildman–Crippen LogP) is 3.63. The number of Topliss-reactive ketones (excluding diaryl/α,β-unsaturated/α-hetero) is 1. The summed E-state index contributed by atoms with van der Waals surface area (Å²) in [6, 6.07) is 8.49. The molecular formula is C18H22O2. The van der Waals surface area contributed by atoms with E-state index in [1.165, 1.54) is 17.5 Å². The summed E-state index contributed by atoms with van der Waals surface area (Å²) < 4.78 is 5.96. The Hall–Kier alpha value is -1.15. The van der Waals surface area contributed by atoms with E-state index in [9.17, 15) is 4.79 Å². The van der Waals surface area contributed by atoms with Crippen molar-refractivity contribution in [2.24, 2.45) is 5.92 Å². The van der Waals surface area contributed by atoms with Crippen molar-refractivity contribution in [2.45, 2.75) is 56.5 Å². The summed E-state index contributed by atoms with van der Waals surface area (Å²) in [6.07, 6.45) is 7.59. The van der Waals surface area contributed by atoms with E-state index in [1.807, 2.05) is 0 Å². The lowest BCUT2D eigenvalue weighted by Crippen LogP contribution is -2.47. The minimum atomic E-state index is 0.0801. The average molecular weight is 270 g/mol. The van der Waals surface area contributed by atoms with E-state index in [2.05, 4.69) is 24.3 Å². The molecular weight excluding hydrogens is 248 g/mol. The molecule has 2 atom stereocenters. The standard InChI is InChI=1S/C18H22O2/c19-17(14-8-11-20-18(12-14)9-3-10-18)16-7-6-13-4-1-2-5-15(13)16/h1-2,4-5,14,16H,3,6-12H2. The maximum atomic E-state index is 12.9. The summed E-state index contributed by atoms with van der Waals surface area (Å²) in [4.78, 5) is 12.9. The van der Waals surface area contributed by atoms with Crippen molar-refractivity contribution < 1.29 is 9.53 Å². The van der Waals surface area contributed by atoms with Gasteiger partial charge in [-0.15, -0.1) is 0 Å². The van der Waals surface area contributed by atoms with Crippen LogP contribution in [0.5, 0.6) is 0 Å². The maximum Gasteiger partial charge on any atom is 0.143 e. The number of aryl methyl sites for hydroxylation is 1. The Labute approximate surface area is 120 Å². The molecule has 20 heavy (non-hydrogen) atoms. The number of ether oxygens (including phenoxy) is 1. The second-order valence-corrected chi connectivity index (χ2v) is 6.77. The van der Waals surface area contributed by atoms with Crippen molar-refractivity contribution in [2.75, 3.05) is 6.61 Å². The largest absolute Gasteiger partial charge is 0.375 e. The van der Waals surface area contributed by atoms with Crippen molar-refractivity contribution in [1.82, 2.24) is 0 Å². The maximum absolute atomic E-state index is 12.9. The van der Waals surface area contributed by atoms with E-state index in [0.717, 1.165) is 45.1 Å². The molecule has 2 heteroatoms. The lowest BCUT2D eigenvalue weighted by molar-refractivity contribution is -0.156. The second kappa shape index (κ2) is 4.70. The van der Waals surface area contributed by atoms with Crippen LogP contribution in [0.2, 0.25) is 0 Å². The molecule has 0 N–H and O–H groups in total. The van der Waals surface area contributed by atoms with E-state index in [1.54, 1.807) is 0 Å². The van der Waals surface area contributed by atoms with Crippen LogP contribution in [0.15, 0.2) is 24.3 Å². The van der Waals surface area contributed by atoms with Crippen LogP contribution in [-0.2, 0) is 16.0 Å². The highest BCUT2D eigenvalue weighted by molar-refractivity contribution is 5.89. The number of ketones is 1. The van der Waals surface area contributed by atoms with Crippen molar-refractivity contribution in [1.29, 1.82) is 0 Å². The fourth-order valence-corrected chi connectivity index (χ4v) is 4.33. The molecule has 2 aliphatic carbocycles. The van der Waals surface area contributed by atoms with Crippen LogP contribution >= 0.6 is 0 Å². The minimum Gasteiger partial charge on any atom is -0.375 e. The second-order valence-electron chi connectivity index (χ2n) is 6.77. The van der Waals surface area contributed by atoms with Gasteiger partial charge in [0.2, 0.25) is 0 Å². The van der Waals surface area contributed by atoms with Crippen molar-refractivity contribution in [3.63, 3.8) is 0 Å². The highest BCUT2D eigenvalue weighted by Crippen LogP contribution is 2.46. The average Bonchev–Trinajstić information content (AvgIpc) is 2.89. The number of fused-ring (bicyclic) bond motifs is 1. The molecule has 0 bridgehead atoms. The summed E-state index contributed by atoms with van der Waals surface area (Å²) in [5.74, 6) is 0.885. The molecule has 2 fully saturated rings. The first-order valence-corrected chi connectivity index (χ1v) is 8.03. The van der Waals surface area contributed by atoms with Crippen LogP contribution in [0.25, 0.3) is 0 Å². The third-order valence-electron chi connectivity index (χ3n) is 5.64. The van der Waals surface area contributed by atoms with Gasteiger partial charge in [-0.2, -0.15) is 0 Å². The molecule has 3 aliphatic rings. The zero-order valence-electron chi connectivity index (χ0n) is 11.9. The molecule has 1 aromatic carbocycles. The van der Waals surface area contributed by atoms with Crippen LogP contribution in [0.1, 0.15) is 55.6 Å². The third-order valence-corrected chi connectivity index (χ3v) is 5.64. The summed E-state index contributed by atoms with van der Waals surface area (Å²) >= 11 is 0. The first-order valence-electron chi connectivity index (χ1n) is 8.03. The highest BCUT2D eigenvalue weighted by Gasteiger charge is 2.45. The molecule has 1 aromatic rings. The van der Waals surface area contributed by atoms with Crippen molar-refractivity contribution >= 4 is 5.78 Å². The van der Waals surface area contributed by atoms with Gasteiger partial charge in [0.15, 0.2) is 0 Å². The van der Waals surface area contributed by atoms with Crippen LogP contribution in [-0.4, -0.2) is 18.0 Å². The first kappa shape index (κ1) is 12.6. The van der Waals surface area contributed by atoms with Gasteiger partial charge in [0.25, 0.3) is 0 Å². The number of carbonyl (C=O) groups is 1. The van der Waals surface area contributed by atoms with Gasteiger partial charge in [0.1, 0.15) is 5.78 Å². The van der Waals surface area contributed by atoms with Gasteiger partial charge in [-0.1, -0.05) is 24.3 Å². The van der Waals surface area contributed by atoms with E-state index in [-0.39, 0.29) is 17.4 Å². The summed E-state index contributed by atoms with van der Waals surface area (Å²) in [5.41, 5.74) is 2.76. The number of hydrogen-bond acceptors (Lipinski definition) is 2. The normalized spacial score (nSPS) is 30.8. The van der Waals surface area contributed by atoms with Gasteiger partial charge in [-0.3, -0.25) is 4.79 Å². The molecule has 1 aliphatic heterocycles. The van der Waals surface area contributed by atoms with Gasteiger partial charge in [0, 0.05) is 18.4 Å².